The molecule has 0 radical (unpaired) electrons. The maximum absolute atomic E-state index is 12.3. The minimum atomic E-state index is -3.08. The maximum Gasteiger partial charge on any atom is 0.223 e. The van der Waals surface area contributed by atoms with E-state index in [2.05, 4.69) is 5.32 Å². The van der Waals surface area contributed by atoms with Crippen LogP contribution in [0.1, 0.15) is 38.5 Å². The Bertz CT molecular complexity index is 486. The van der Waals surface area contributed by atoms with Gasteiger partial charge in [0.25, 0.3) is 0 Å². The third kappa shape index (κ3) is 2.09. The molecule has 19 heavy (non-hydrogen) atoms. The molecule has 1 amide bonds. The van der Waals surface area contributed by atoms with Gasteiger partial charge in [0, 0.05) is 26.1 Å². The van der Waals surface area contributed by atoms with Crippen molar-refractivity contribution in [2.24, 2.45) is 11.3 Å². The number of nitrogens with zero attached hydrogens (tertiary/aromatic N) is 1. The van der Waals surface area contributed by atoms with Crippen molar-refractivity contribution in [2.45, 2.75) is 43.8 Å². The molecule has 0 aromatic rings. The topological polar surface area (TPSA) is 66.5 Å². The maximum atomic E-state index is 12.3. The van der Waals surface area contributed by atoms with Gasteiger partial charge in [-0.05, 0) is 37.5 Å². The lowest BCUT2D eigenvalue weighted by Crippen LogP contribution is -2.40. The highest BCUT2D eigenvalue weighted by molar-refractivity contribution is 7.90. The molecule has 1 heterocycles. The normalized spacial score (nSPS) is 35.9. The van der Waals surface area contributed by atoms with Gasteiger partial charge >= 0.3 is 0 Å². The van der Waals surface area contributed by atoms with Crippen LogP contribution in [0.15, 0.2) is 0 Å². The van der Waals surface area contributed by atoms with E-state index < -0.39 is 10.0 Å². The summed E-state index contributed by atoms with van der Waals surface area (Å²) in [5.74, 6) is 0.0834. The minimum absolute atomic E-state index is 0.00287. The largest absolute Gasteiger partial charge is 0.359 e. The fourth-order valence-corrected chi connectivity index (χ4v) is 5.80. The van der Waals surface area contributed by atoms with E-state index >= 15 is 0 Å². The van der Waals surface area contributed by atoms with Crippen LogP contribution in [0.5, 0.6) is 0 Å². The van der Waals surface area contributed by atoms with Gasteiger partial charge in [-0.1, -0.05) is 6.42 Å². The van der Waals surface area contributed by atoms with E-state index in [0.29, 0.717) is 13.1 Å². The van der Waals surface area contributed by atoms with Gasteiger partial charge in [0.1, 0.15) is 0 Å². The highest BCUT2D eigenvalue weighted by atomic mass is 32.2. The van der Waals surface area contributed by atoms with Crippen LogP contribution >= 0.6 is 0 Å². The molecule has 3 rings (SSSR count). The first-order chi connectivity index (χ1) is 8.99. The summed E-state index contributed by atoms with van der Waals surface area (Å²) < 4.78 is 26.3. The van der Waals surface area contributed by atoms with Crippen molar-refractivity contribution in [3.63, 3.8) is 0 Å². The lowest BCUT2D eigenvalue weighted by Gasteiger charge is -2.30. The highest BCUT2D eigenvalue weighted by Crippen LogP contribution is 2.51. The van der Waals surface area contributed by atoms with E-state index in [4.69, 9.17) is 0 Å². The van der Waals surface area contributed by atoms with Gasteiger partial charge in [0.05, 0.1) is 5.25 Å². The smallest absolute Gasteiger partial charge is 0.223 e. The van der Waals surface area contributed by atoms with Crippen LogP contribution in [0.2, 0.25) is 0 Å². The summed E-state index contributed by atoms with van der Waals surface area (Å²) >= 11 is 0. The Morgan fingerprint density at radius 3 is 2.63 bits per heavy atom. The Hall–Kier alpha value is -0.620. The molecule has 0 unspecified atom stereocenters. The predicted octanol–water partition coefficient (Wildman–Crippen LogP) is 0.717. The summed E-state index contributed by atoms with van der Waals surface area (Å²) in [6, 6.07) is 0. The molecule has 0 aromatic carbocycles. The van der Waals surface area contributed by atoms with Gasteiger partial charge in [-0.15, -0.1) is 0 Å². The number of sulfonamides is 1. The Balaban J connectivity index is 1.78. The molecule has 0 aromatic heterocycles. The van der Waals surface area contributed by atoms with Crippen molar-refractivity contribution in [3.05, 3.63) is 0 Å². The summed E-state index contributed by atoms with van der Waals surface area (Å²) in [7, 11) is -1.41. The first-order valence-electron chi connectivity index (χ1n) is 7.20. The van der Waals surface area contributed by atoms with Crippen molar-refractivity contribution < 1.29 is 13.2 Å². The van der Waals surface area contributed by atoms with E-state index in [-0.39, 0.29) is 22.5 Å². The number of hydrogen-bond donors (Lipinski definition) is 1. The molecular formula is C13H22N2O3S. The van der Waals surface area contributed by atoms with Crippen LogP contribution in [-0.4, -0.2) is 44.0 Å². The second kappa shape index (κ2) is 4.45. The van der Waals surface area contributed by atoms with Crippen LogP contribution in [0.25, 0.3) is 0 Å². The zero-order chi connectivity index (χ0) is 13.7. The van der Waals surface area contributed by atoms with E-state index in [1.165, 1.54) is 0 Å². The first kappa shape index (κ1) is 13.4. The fourth-order valence-electron chi connectivity index (χ4n) is 3.86. The summed E-state index contributed by atoms with van der Waals surface area (Å²) in [5, 5.41) is 2.60. The molecule has 1 saturated heterocycles. The van der Waals surface area contributed by atoms with Crippen LogP contribution < -0.4 is 5.32 Å². The van der Waals surface area contributed by atoms with Crippen molar-refractivity contribution in [2.75, 3.05) is 20.1 Å². The van der Waals surface area contributed by atoms with Crippen LogP contribution in [0.3, 0.4) is 0 Å². The van der Waals surface area contributed by atoms with Gasteiger partial charge in [-0.2, -0.15) is 0 Å². The summed E-state index contributed by atoms with van der Waals surface area (Å²) in [6.45, 7) is 1.16. The Morgan fingerprint density at radius 1 is 1.26 bits per heavy atom. The standard InChI is InChI=1S/C13H22N2O3S/c1-14-12(16)11-3-2-6-13(11)7-8-15(9-13)19(17,18)10-4-5-10/h10-11H,2-9H2,1H3,(H,14,16)/t11-,13+/m1/s1. The number of hydrogen-bond acceptors (Lipinski definition) is 3. The Labute approximate surface area is 114 Å². The third-order valence-electron chi connectivity index (χ3n) is 5.13. The summed E-state index contributed by atoms with van der Waals surface area (Å²) in [5.41, 5.74) is -0.0952. The number of rotatable bonds is 3. The fraction of sp³-hybridized carbons (Fsp3) is 0.923. The lowest BCUT2D eigenvalue weighted by molar-refractivity contribution is -0.127. The van der Waals surface area contributed by atoms with Crippen molar-refractivity contribution in [3.8, 4) is 0 Å². The number of amides is 1. The zero-order valence-electron chi connectivity index (χ0n) is 11.4. The van der Waals surface area contributed by atoms with Crippen molar-refractivity contribution in [1.29, 1.82) is 0 Å². The van der Waals surface area contributed by atoms with E-state index in [9.17, 15) is 13.2 Å². The van der Waals surface area contributed by atoms with E-state index in [1.807, 2.05) is 0 Å². The molecule has 6 heteroatoms. The molecule has 1 aliphatic heterocycles. The van der Waals surface area contributed by atoms with Gasteiger partial charge in [-0.25, -0.2) is 12.7 Å². The van der Waals surface area contributed by atoms with Gasteiger partial charge in [0.2, 0.25) is 15.9 Å². The summed E-state index contributed by atoms with van der Waals surface area (Å²) in [6.07, 6.45) is 5.39. The van der Waals surface area contributed by atoms with Crippen molar-refractivity contribution in [1.82, 2.24) is 9.62 Å². The molecule has 5 nitrogen and oxygen atoms in total. The van der Waals surface area contributed by atoms with Crippen LogP contribution in [-0.2, 0) is 14.8 Å². The summed E-state index contributed by atoms with van der Waals surface area (Å²) in [4.78, 5) is 12.0. The van der Waals surface area contributed by atoms with Gasteiger partial charge in [-0.3, -0.25) is 4.79 Å². The van der Waals surface area contributed by atoms with Gasteiger partial charge < -0.3 is 5.32 Å². The van der Waals surface area contributed by atoms with Crippen LogP contribution in [0, 0.1) is 11.3 Å². The zero-order valence-corrected chi connectivity index (χ0v) is 12.2. The number of carbonyl (C=O) groups is 1. The molecule has 0 bridgehead atoms. The molecule has 2 saturated carbocycles. The molecular weight excluding hydrogens is 264 g/mol. The second-order valence-corrected chi connectivity index (χ2v) is 8.46. The molecule has 108 valence electrons. The highest BCUT2D eigenvalue weighted by Gasteiger charge is 2.54. The SMILES string of the molecule is CNC(=O)[C@H]1CCC[C@@]12CCN(S(=O)(=O)C1CC1)C2. The monoisotopic (exact) mass is 286 g/mol. The average molecular weight is 286 g/mol. The second-order valence-electron chi connectivity index (χ2n) is 6.25. The minimum Gasteiger partial charge on any atom is -0.359 e. The van der Waals surface area contributed by atoms with Gasteiger partial charge in [0.15, 0.2) is 0 Å². The van der Waals surface area contributed by atoms with E-state index in [0.717, 1.165) is 38.5 Å². The molecule has 3 aliphatic rings. The van der Waals surface area contributed by atoms with Crippen molar-refractivity contribution >= 4 is 15.9 Å². The van der Waals surface area contributed by atoms with E-state index in [1.54, 1.807) is 11.4 Å². The average Bonchev–Trinajstić information content (AvgIpc) is 3.06. The predicted molar refractivity (Wildman–Crippen MR) is 72.0 cm³/mol. The molecule has 1 spiro atoms. The third-order valence-corrected chi connectivity index (χ3v) is 7.47. The quantitative estimate of drug-likeness (QED) is 0.831. The number of nitrogens with one attached hydrogen (secondary N) is 1. The molecule has 2 atom stereocenters. The molecule has 1 N–H and O–H groups in total. The lowest BCUT2D eigenvalue weighted by atomic mass is 9.76. The Morgan fingerprint density at radius 2 is 2.00 bits per heavy atom. The van der Waals surface area contributed by atoms with Crippen LogP contribution in [0.4, 0.5) is 0 Å². The number of carbonyl (C=O) groups excluding carboxylic acids is 1. The first-order valence-corrected chi connectivity index (χ1v) is 8.70. The molecule has 2 aliphatic carbocycles. The molecule has 3 fully saturated rings. The Kier molecular flexibility index (Phi) is 3.13.